The molecule has 0 saturated heterocycles. The molecule has 0 saturated carbocycles. The molecule has 0 aromatic heterocycles. The van der Waals surface area contributed by atoms with Gasteiger partial charge in [-0.1, -0.05) is 104 Å². The molecule has 4 nitrogen and oxygen atoms in total. The fraction of sp³-hybridized carbons (Fsp3) is 1.00. The second-order valence-electron chi connectivity index (χ2n) is 10.9. The zero-order valence-corrected chi connectivity index (χ0v) is 24.1. The molecule has 2 unspecified atom stereocenters. The van der Waals surface area contributed by atoms with Crippen molar-refractivity contribution >= 4 is 8.80 Å². The van der Waals surface area contributed by atoms with E-state index in [4.69, 9.17) is 19.0 Å². The van der Waals surface area contributed by atoms with E-state index in [1.54, 1.807) is 21.3 Å². The lowest BCUT2D eigenvalue weighted by atomic mass is 9.78. The van der Waals surface area contributed by atoms with Crippen molar-refractivity contribution in [2.45, 2.75) is 142 Å². The lowest BCUT2D eigenvalue weighted by molar-refractivity contribution is 0.0844. The molecular weight excluding hydrogens is 414 g/mol. The molecule has 0 aromatic carbocycles. The first-order chi connectivity index (χ1) is 15.2. The van der Waals surface area contributed by atoms with E-state index in [-0.39, 0.29) is 11.1 Å². The predicted molar refractivity (Wildman–Crippen MR) is 142 cm³/mol. The molecule has 0 radical (unpaired) electrons. The third-order valence-corrected chi connectivity index (χ3v) is 10.4. The predicted octanol–water partition coefficient (Wildman–Crippen LogP) is 8.12. The molecule has 0 fully saturated rings. The average molecular weight is 474 g/mol. The Morgan fingerprint density at radius 2 is 1.06 bits per heavy atom. The van der Waals surface area contributed by atoms with E-state index in [9.17, 15) is 0 Å². The van der Waals surface area contributed by atoms with Gasteiger partial charge in [0.1, 0.15) is 0 Å². The maximum Gasteiger partial charge on any atom is 0.503 e. The Morgan fingerprint density at radius 3 is 1.38 bits per heavy atom. The van der Waals surface area contributed by atoms with Crippen molar-refractivity contribution in [3.8, 4) is 0 Å². The van der Waals surface area contributed by atoms with Crippen LogP contribution >= 0.6 is 0 Å². The first-order valence-corrected chi connectivity index (χ1v) is 15.4. The minimum atomic E-state index is -2.77. The van der Waals surface area contributed by atoms with E-state index in [0.29, 0.717) is 11.8 Å². The van der Waals surface area contributed by atoms with Gasteiger partial charge < -0.3 is 19.0 Å². The SMILES string of the molecule is CCCCCCCCCCCCCCCC(C(CC(C)C)C(C)(C)N)[Si](OC)(OC)OC. The Bertz CT molecular complexity index is 413. The molecule has 0 aromatic rings. The molecular formula is C27H59NO3Si. The van der Waals surface area contributed by atoms with Crippen LogP contribution in [0.1, 0.15) is 131 Å². The molecule has 0 heterocycles. The van der Waals surface area contributed by atoms with Crippen LogP contribution in [0.15, 0.2) is 0 Å². The summed E-state index contributed by atoms with van der Waals surface area (Å²) >= 11 is 0. The smallest absolute Gasteiger partial charge is 0.377 e. The lowest BCUT2D eigenvalue weighted by Crippen LogP contribution is -2.56. The molecule has 5 heteroatoms. The lowest BCUT2D eigenvalue weighted by Gasteiger charge is -2.43. The third-order valence-electron chi connectivity index (χ3n) is 7.09. The topological polar surface area (TPSA) is 53.7 Å². The average Bonchev–Trinajstić information content (AvgIpc) is 2.74. The number of nitrogens with two attached hydrogens (primary N) is 1. The fourth-order valence-electron chi connectivity index (χ4n) is 5.20. The summed E-state index contributed by atoms with van der Waals surface area (Å²) in [6.07, 6.45) is 20.0. The van der Waals surface area contributed by atoms with Crippen LogP contribution in [0.3, 0.4) is 0 Å². The number of hydrogen-bond acceptors (Lipinski definition) is 4. The highest BCUT2D eigenvalue weighted by molar-refractivity contribution is 6.62. The van der Waals surface area contributed by atoms with Gasteiger partial charge in [0.25, 0.3) is 0 Å². The first kappa shape index (κ1) is 32.1. The maximum atomic E-state index is 6.69. The maximum absolute atomic E-state index is 6.69. The molecule has 2 N–H and O–H groups in total. The van der Waals surface area contributed by atoms with Gasteiger partial charge in [0.05, 0.1) is 0 Å². The van der Waals surface area contributed by atoms with Crippen LogP contribution in [-0.4, -0.2) is 35.7 Å². The van der Waals surface area contributed by atoms with Gasteiger partial charge in [0.2, 0.25) is 0 Å². The molecule has 0 bridgehead atoms. The number of hydrogen-bond donors (Lipinski definition) is 1. The van der Waals surface area contributed by atoms with Crippen LogP contribution in [-0.2, 0) is 13.3 Å². The van der Waals surface area contributed by atoms with Crippen LogP contribution in [0.5, 0.6) is 0 Å². The van der Waals surface area contributed by atoms with Gasteiger partial charge in [-0.3, -0.25) is 0 Å². The van der Waals surface area contributed by atoms with Crippen LogP contribution in [0.4, 0.5) is 0 Å². The van der Waals surface area contributed by atoms with Gasteiger partial charge in [-0.25, -0.2) is 0 Å². The van der Waals surface area contributed by atoms with Crippen molar-refractivity contribution in [2.24, 2.45) is 17.6 Å². The van der Waals surface area contributed by atoms with Crippen molar-refractivity contribution in [2.75, 3.05) is 21.3 Å². The van der Waals surface area contributed by atoms with Crippen molar-refractivity contribution in [1.29, 1.82) is 0 Å². The molecule has 0 amide bonds. The second kappa shape index (κ2) is 18.4. The van der Waals surface area contributed by atoms with Gasteiger partial charge in [0.15, 0.2) is 0 Å². The molecule has 0 aliphatic rings. The number of unbranched alkanes of at least 4 members (excludes halogenated alkanes) is 12. The summed E-state index contributed by atoms with van der Waals surface area (Å²) in [5.74, 6) is 0.889. The van der Waals surface area contributed by atoms with Crippen LogP contribution in [0, 0.1) is 11.8 Å². The molecule has 0 aliphatic carbocycles. The van der Waals surface area contributed by atoms with E-state index in [0.717, 1.165) is 12.8 Å². The second-order valence-corrected chi connectivity index (χ2v) is 14.1. The molecule has 0 rings (SSSR count). The van der Waals surface area contributed by atoms with Crippen molar-refractivity contribution in [3.63, 3.8) is 0 Å². The standard InChI is InChI=1S/C27H59NO3Si/c1-9-10-11-12-13-14-15-16-17-18-19-20-21-22-26(32(29-6,30-7)31-8)25(23-24(2)3)27(4,5)28/h24-26H,9-23,28H2,1-8H3. The Kier molecular flexibility index (Phi) is 18.4. The summed E-state index contributed by atoms with van der Waals surface area (Å²) in [4.78, 5) is 0. The summed E-state index contributed by atoms with van der Waals surface area (Å²) in [6, 6.07) is 0. The molecule has 194 valence electrons. The molecule has 2 atom stereocenters. The largest absolute Gasteiger partial charge is 0.503 e. The summed E-state index contributed by atoms with van der Waals surface area (Å²) < 4.78 is 17.9. The first-order valence-electron chi connectivity index (χ1n) is 13.6. The Hall–Kier alpha value is 0.0569. The molecule has 32 heavy (non-hydrogen) atoms. The van der Waals surface area contributed by atoms with Crippen LogP contribution in [0.25, 0.3) is 0 Å². The van der Waals surface area contributed by atoms with Crippen LogP contribution < -0.4 is 5.73 Å². The minimum Gasteiger partial charge on any atom is -0.377 e. The highest BCUT2D eigenvalue weighted by atomic mass is 28.4. The Balaban J connectivity index is 4.51. The van der Waals surface area contributed by atoms with Gasteiger partial charge in [-0.2, -0.15) is 0 Å². The Labute approximate surface area is 203 Å². The minimum absolute atomic E-state index is 0.234. The van der Waals surface area contributed by atoms with E-state index in [1.807, 2.05) is 0 Å². The van der Waals surface area contributed by atoms with E-state index in [2.05, 4.69) is 34.6 Å². The fourth-order valence-corrected chi connectivity index (χ4v) is 8.23. The van der Waals surface area contributed by atoms with Gasteiger partial charge in [-0.05, 0) is 38.5 Å². The normalized spacial score (nSPS) is 14.8. The quantitative estimate of drug-likeness (QED) is 0.127. The molecule has 0 aliphatic heterocycles. The summed E-state index contributed by atoms with van der Waals surface area (Å²) in [7, 11) is 2.46. The van der Waals surface area contributed by atoms with Crippen molar-refractivity contribution in [3.05, 3.63) is 0 Å². The highest BCUT2D eigenvalue weighted by Crippen LogP contribution is 2.43. The Morgan fingerprint density at radius 1 is 0.688 bits per heavy atom. The molecule has 0 spiro atoms. The summed E-state index contributed by atoms with van der Waals surface area (Å²) in [5.41, 5.74) is 6.63. The van der Waals surface area contributed by atoms with Gasteiger partial charge >= 0.3 is 8.80 Å². The van der Waals surface area contributed by atoms with E-state index in [1.165, 1.54) is 83.5 Å². The van der Waals surface area contributed by atoms with Gasteiger partial charge in [0, 0.05) is 32.4 Å². The zero-order chi connectivity index (χ0) is 24.5. The van der Waals surface area contributed by atoms with Crippen LogP contribution in [0.2, 0.25) is 5.54 Å². The zero-order valence-electron chi connectivity index (χ0n) is 23.1. The summed E-state index contributed by atoms with van der Waals surface area (Å²) in [6.45, 7) is 11.1. The third kappa shape index (κ3) is 13.1. The monoisotopic (exact) mass is 473 g/mol. The van der Waals surface area contributed by atoms with Crippen molar-refractivity contribution < 1.29 is 13.3 Å². The van der Waals surface area contributed by atoms with E-state index < -0.39 is 8.80 Å². The van der Waals surface area contributed by atoms with E-state index >= 15 is 0 Å². The summed E-state index contributed by atoms with van der Waals surface area (Å²) in [5, 5.41) is 0. The van der Waals surface area contributed by atoms with Crippen molar-refractivity contribution in [1.82, 2.24) is 0 Å². The van der Waals surface area contributed by atoms with Gasteiger partial charge in [-0.15, -0.1) is 0 Å². The highest BCUT2D eigenvalue weighted by Gasteiger charge is 2.53. The number of rotatable bonds is 22.